The lowest BCUT2D eigenvalue weighted by Crippen LogP contribution is -2.49. The summed E-state index contributed by atoms with van der Waals surface area (Å²) in [5, 5.41) is 5.62. The number of benzene rings is 1. The number of urea groups is 1. The van der Waals surface area contributed by atoms with Crippen molar-refractivity contribution in [3.8, 4) is 0 Å². The maximum Gasteiger partial charge on any atom is 0.325 e. The van der Waals surface area contributed by atoms with Gasteiger partial charge in [0.1, 0.15) is 12.1 Å². The van der Waals surface area contributed by atoms with Gasteiger partial charge in [0.25, 0.3) is 5.91 Å². The van der Waals surface area contributed by atoms with E-state index in [0.29, 0.717) is 30.4 Å². The normalized spacial score (nSPS) is 26.2. The van der Waals surface area contributed by atoms with Gasteiger partial charge >= 0.3 is 6.03 Å². The predicted molar refractivity (Wildman–Crippen MR) is 104 cm³/mol. The fraction of sp³-hybridized carbons (Fsp3) is 0.571. The number of hydrogen-bond donors (Lipinski definition) is 2. The van der Waals surface area contributed by atoms with Crippen LogP contribution >= 0.6 is 0 Å². The highest BCUT2D eigenvalue weighted by Crippen LogP contribution is 2.36. The van der Waals surface area contributed by atoms with Crippen LogP contribution in [0.25, 0.3) is 0 Å². The lowest BCUT2D eigenvalue weighted by atomic mass is 9.77. The van der Waals surface area contributed by atoms with Gasteiger partial charge in [-0.05, 0) is 61.6 Å². The van der Waals surface area contributed by atoms with Crippen molar-refractivity contribution in [2.75, 3.05) is 11.9 Å². The van der Waals surface area contributed by atoms with E-state index in [1.807, 2.05) is 24.3 Å². The molecule has 1 saturated heterocycles. The summed E-state index contributed by atoms with van der Waals surface area (Å²) in [5.41, 5.74) is 1.08. The molecule has 0 unspecified atom stereocenters. The largest absolute Gasteiger partial charge is 0.325 e. The molecule has 1 aromatic carbocycles. The van der Waals surface area contributed by atoms with Gasteiger partial charge in [0, 0.05) is 5.69 Å². The zero-order valence-corrected chi connectivity index (χ0v) is 16.4. The number of nitrogens with zero attached hydrogens (tertiary/aromatic N) is 1. The Kier molecular flexibility index (Phi) is 5.53. The molecule has 1 aliphatic heterocycles. The van der Waals surface area contributed by atoms with Gasteiger partial charge in [-0.2, -0.15) is 0 Å². The summed E-state index contributed by atoms with van der Waals surface area (Å²) in [6, 6.07) is 7.24. The molecule has 2 aliphatic rings. The van der Waals surface area contributed by atoms with Crippen LogP contribution in [-0.2, 0) is 9.59 Å². The predicted octanol–water partition coefficient (Wildman–Crippen LogP) is 3.64. The molecular formula is C21H29N3O3. The Morgan fingerprint density at radius 3 is 2.48 bits per heavy atom. The Morgan fingerprint density at radius 1 is 1.26 bits per heavy atom. The molecule has 1 aromatic rings. The Bertz CT molecular complexity index is 721. The van der Waals surface area contributed by atoms with Crippen LogP contribution < -0.4 is 10.6 Å². The highest BCUT2D eigenvalue weighted by atomic mass is 16.2. The Hall–Kier alpha value is -2.37. The maximum absolute atomic E-state index is 12.8. The molecule has 4 amide bonds. The van der Waals surface area contributed by atoms with Gasteiger partial charge in [-0.25, -0.2) is 4.79 Å². The third-order valence-electron chi connectivity index (χ3n) is 6.05. The lowest BCUT2D eigenvalue weighted by Gasteiger charge is -2.33. The summed E-state index contributed by atoms with van der Waals surface area (Å²) in [7, 11) is 0. The fourth-order valence-corrected chi connectivity index (χ4v) is 3.89. The number of hydrogen-bond acceptors (Lipinski definition) is 3. The zero-order valence-electron chi connectivity index (χ0n) is 16.4. The van der Waals surface area contributed by atoms with Gasteiger partial charge < -0.3 is 10.6 Å². The van der Waals surface area contributed by atoms with Gasteiger partial charge in [0.05, 0.1) is 0 Å². The number of carbonyl (C=O) groups is 3. The van der Waals surface area contributed by atoms with Crippen LogP contribution in [0.4, 0.5) is 10.5 Å². The van der Waals surface area contributed by atoms with Crippen molar-refractivity contribution < 1.29 is 14.4 Å². The minimum atomic E-state index is -0.804. The summed E-state index contributed by atoms with van der Waals surface area (Å²) in [5.74, 6) is 0.406. The second kappa shape index (κ2) is 7.71. The molecule has 0 radical (unpaired) electrons. The van der Waals surface area contributed by atoms with Crippen molar-refractivity contribution in [2.24, 2.45) is 5.92 Å². The Balaban J connectivity index is 1.60. The van der Waals surface area contributed by atoms with Gasteiger partial charge in [-0.15, -0.1) is 0 Å². The minimum absolute atomic E-state index is 0.255. The summed E-state index contributed by atoms with van der Waals surface area (Å²) < 4.78 is 0. The number of imide groups is 1. The van der Waals surface area contributed by atoms with Gasteiger partial charge in [-0.3, -0.25) is 14.5 Å². The quantitative estimate of drug-likeness (QED) is 0.776. The highest BCUT2D eigenvalue weighted by Gasteiger charge is 2.52. The third-order valence-corrected chi connectivity index (χ3v) is 6.05. The number of rotatable bonds is 5. The molecule has 6 nitrogen and oxygen atoms in total. The molecule has 146 valence electrons. The van der Waals surface area contributed by atoms with Crippen LogP contribution in [0.5, 0.6) is 0 Å². The number of carbonyl (C=O) groups excluding carboxylic acids is 3. The molecule has 3 rings (SSSR count). The van der Waals surface area contributed by atoms with Crippen LogP contribution in [0, 0.1) is 5.92 Å². The Morgan fingerprint density at radius 2 is 1.89 bits per heavy atom. The van der Waals surface area contributed by atoms with Crippen LogP contribution in [-0.4, -0.2) is 34.8 Å². The summed E-state index contributed by atoms with van der Waals surface area (Å²) in [6.45, 7) is 6.20. The number of amides is 4. The van der Waals surface area contributed by atoms with Crippen LogP contribution in [0.3, 0.4) is 0 Å². The standard InChI is InChI=1S/C21H29N3O3/c1-4-15(3)16-5-7-17(8-6-16)22-18(25)13-24-19(26)21(23-20(24)27)11-9-14(2)10-12-21/h5-8,14-15H,4,9-13H2,1-3H3,(H,22,25)(H,23,27)/t14?,15-,21?/m0/s1. The molecule has 0 aromatic heterocycles. The first-order valence-electron chi connectivity index (χ1n) is 9.88. The maximum atomic E-state index is 12.8. The molecule has 2 fully saturated rings. The number of nitrogens with one attached hydrogen (secondary N) is 2. The molecule has 0 bridgehead atoms. The van der Waals surface area contributed by atoms with Crippen molar-refractivity contribution >= 4 is 23.5 Å². The molecule has 1 spiro atoms. The van der Waals surface area contributed by atoms with Crippen molar-refractivity contribution in [1.82, 2.24) is 10.2 Å². The van der Waals surface area contributed by atoms with Crippen LogP contribution in [0.1, 0.15) is 64.4 Å². The summed E-state index contributed by atoms with van der Waals surface area (Å²) in [4.78, 5) is 38.5. The first kappa shape index (κ1) is 19.4. The molecule has 27 heavy (non-hydrogen) atoms. The minimum Gasteiger partial charge on any atom is -0.325 e. The van der Waals surface area contributed by atoms with Crippen molar-refractivity contribution in [1.29, 1.82) is 0 Å². The molecule has 1 heterocycles. The first-order valence-corrected chi connectivity index (χ1v) is 9.88. The average Bonchev–Trinajstić information content (AvgIpc) is 2.88. The van der Waals surface area contributed by atoms with Crippen molar-refractivity contribution in [2.45, 2.75) is 64.3 Å². The summed E-state index contributed by atoms with van der Waals surface area (Å²) >= 11 is 0. The van der Waals surface area contributed by atoms with Crippen molar-refractivity contribution in [3.63, 3.8) is 0 Å². The van der Waals surface area contributed by atoms with Gasteiger partial charge in [-0.1, -0.05) is 32.9 Å². The number of anilines is 1. The smallest absolute Gasteiger partial charge is 0.325 e. The molecule has 1 aliphatic carbocycles. The van der Waals surface area contributed by atoms with Gasteiger partial charge in [0.15, 0.2) is 0 Å². The van der Waals surface area contributed by atoms with E-state index in [1.165, 1.54) is 5.56 Å². The Labute approximate surface area is 160 Å². The van der Waals surface area contributed by atoms with Gasteiger partial charge in [0.2, 0.25) is 5.91 Å². The average molecular weight is 371 g/mol. The van der Waals surface area contributed by atoms with E-state index < -0.39 is 11.6 Å². The highest BCUT2D eigenvalue weighted by molar-refractivity contribution is 6.10. The van der Waals surface area contributed by atoms with E-state index in [1.54, 1.807) is 0 Å². The first-order chi connectivity index (χ1) is 12.8. The lowest BCUT2D eigenvalue weighted by molar-refractivity contribution is -0.135. The van der Waals surface area contributed by atoms with Crippen LogP contribution in [0.2, 0.25) is 0 Å². The zero-order chi connectivity index (χ0) is 19.6. The molecule has 2 N–H and O–H groups in total. The van der Waals surface area contributed by atoms with E-state index >= 15 is 0 Å². The second-order valence-corrected chi connectivity index (χ2v) is 8.07. The molecule has 1 atom stereocenters. The monoisotopic (exact) mass is 371 g/mol. The topological polar surface area (TPSA) is 78.5 Å². The van der Waals surface area contributed by atoms with E-state index in [0.717, 1.165) is 24.2 Å². The van der Waals surface area contributed by atoms with Crippen molar-refractivity contribution in [3.05, 3.63) is 29.8 Å². The van der Waals surface area contributed by atoms with E-state index in [2.05, 4.69) is 31.4 Å². The SMILES string of the molecule is CC[C@H](C)c1ccc(NC(=O)CN2C(=O)NC3(CCC(C)CC3)C2=O)cc1. The third kappa shape index (κ3) is 3.99. The fourth-order valence-electron chi connectivity index (χ4n) is 3.89. The van der Waals surface area contributed by atoms with E-state index in [4.69, 9.17) is 0 Å². The van der Waals surface area contributed by atoms with Crippen LogP contribution in [0.15, 0.2) is 24.3 Å². The summed E-state index contributed by atoms with van der Waals surface area (Å²) in [6.07, 6.45) is 4.17. The molecular weight excluding hydrogens is 342 g/mol. The van der Waals surface area contributed by atoms with E-state index in [9.17, 15) is 14.4 Å². The molecule has 1 saturated carbocycles. The molecule has 6 heteroatoms. The second-order valence-electron chi connectivity index (χ2n) is 8.07. The van der Waals surface area contributed by atoms with E-state index in [-0.39, 0.29) is 18.4 Å².